The maximum absolute atomic E-state index is 12.5. The van der Waals surface area contributed by atoms with Crippen molar-refractivity contribution in [1.29, 1.82) is 0 Å². The molecule has 0 N–H and O–H groups in total. The molecule has 1 saturated heterocycles. The minimum atomic E-state index is -4.44. The van der Waals surface area contributed by atoms with Crippen LogP contribution in [0.4, 0.5) is 13.2 Å². The van der Waals surface area contributed by atoms with Gasteiger partial charge in [-0.15, -0.1) is 0 Å². The van der Waals surface area contributed by atoms with E-state index in [0.717, 1.165) is 12.3 Å². The van der Waals surface area contributed by atoms with Gasteiger partial charge in [-0.25, -0.2) is 4.98 Å². The van der Waals surface area contributed by atoms with Crippen LogP contribution in [0.5, 0.6) is 17.4 Å². The third-order valence-electron chi connectivity index (χ3n) is 3.96. The predicted octanol–water partition coefficient (Wildman–Crippen LogP) is 2.78. The number of carbonyl (C=O) groups excluding carboxylic acids is 1. The molecule has 0 radical (unpaired) electrons. The van der Waals surface area contributed by atoms with Gasteiger partial charge in [0.2, 0.25) is 5.88 Å². The van der Waals surface area contributed by atoms with Crippen LogP contribution in [-0.4, -0.2) is 48.7 Å². The minimum Gasteiger partial charge on any atom is -0.497 e. The highest BCUT2D eigenvalue weighted by molar-refractivity contribution is 5.78. The van der Waals surface area contributed by atoms with Gasteiger partial charge in [0.25, 0.3) is 5.91 Å². The van der Waals surface area contributed by atoms with Gasteiger partial charge in [-0.3, -0.25) is 4.79 Å². The van der Waals surface area contributed by atoms with E-state index in [1.165, 1.54) is 18.1 Å². The number of benzene rings is 1. The molecular formula is C18H17F3N2O4. The molecule has 1 aliphatic rings. The van der Waals surface area contributed by atoms with E-state index < -0.39 is 11.7 Å². The molecule has 0 bridgehead atoms. The third kappa shape index (κ3) is 4.81. The largest absolute Gasteiger partial charge is 0.497 e. The van der Waals surface area contributed by atoms with Crippen molar-refractivity contribution in [3.05, 3.63) is 48.2 Å². The minimum absolute atomic E-state index is 0.0905. The van der Waals surface area contributed by atoms with E-state index in [9.17, 15) is 18.0 Å². The Morgan fingerprint density at radius 2 is 1.96 bits per heavy atom. The molecule has 0 spiro atoms. The zero-order chi connectivity index (χ0) is 19.4. The number of pyridine rings is 1. The highest BCUT2D eigenvalue weighted by Crippen LogP contribution is 2.29. The molecule has 0 unspecified atom stereocenters. The first-order valence-electron chi connectivity index (χ1n) is 8.09. The average Bonchev–Trinajstić information content (AvgIpc) is 2.62. The summed E-state index contributed by atoms with van der Waals surface area (Å²) < 4.78 is 53.5. The SMILES string of the molecule is COc1cccc(OCC(=O)N2CC(Oc3ccc(C(F)(F)F)cn3)C2)c1. The number of amides is 1. The average molecular weight is 382 g/mol. The maximum atomic E-state index is 12.5. The highest BCUT2D eigenvalue weighted by atomic mass is 19.4. The summed E-state index contributed by atoms with van der Waals surface area (Å²) in [4.78, 5) is 17.3. The first-order valence-corrected chi connectivity index (χ1v) is 8.09. The van der Waals surface area contributed by atoms with E-state index >= 15 is 0 Å². The second-order valence-corrected chi connectivity index (χ2v) is 5.89. The number of hydrogen-bond acceptors (Lipinski definition) is 5. The molecule has 3 rings (SSSR count). The molecule has 1 aliphatic heterocycles. The molecule has 9 heteroatoms. The summed E-state index contributed by atoms with van der Waals surface area (Å²) in [6, 6.07) is 8.98. The highest BCUT2D eigenvalue weighted by Gasteiger charge is 2.34. The van der Waals surface area contributed by atoms with Crippen molar-refractivity contribution in [2.45, 2.75) is 12.3 Å². The van der Waals surface area contributed by atoms with Crippen LogP contribution in [0.25, 0.3) is 0 Å². The van der Waals surface area contributed by atoms with Crippen molar-refractivity contribution in [2.75, 3.05) is 26.8 Å². The van der Waals surface area contributed by atoms with Crippen LogP contribution in [-0.2, 0) is 11.0 Å². The van der Waals surface area contributed by atoms with Gasteiger partial charge in [-0.2, -0.15) is 13.2 Å². The van der Waals surface area contributed by atoms with Gasteiger partial charge in [-0.1, -0.05) is 6.07 Å². The molecule has 144 valence electrons. The molecule has 1 aromatic heterocycles. The number of carbonyl (C=O) groups is 1. The molecule has 1 fully saturated rings. The molecule has 27 heavy (non-hydrogen) atoms. The Hall–Kier alpha value is -2.97. The molecule has 0 atom stereocenters. The molecule has 6 nitrogen and oxygen atoms in total. The second kappa shape index (κ2) is 7.73. The van der Waals surface area contributed by atoms with Crippen LogP contribution in [0.15, 0.2) is 42.6 Å². The van der Waals surface area contributed by atoms with Crippen molar-refractivity contribution < 1.29 is 32.2 Å². The van der Waals surface area contributed by atoms with Gasteiger partial charge in [0, 0.05) is 18.3 Å². The summed E-state index contributed by atoms with van der Waals surface area (Å²) >= 11 is 0. The van der Waals surface area contributed by atoms with Crippen molar-refractivity contribution >= 4 is 5.91 Å². The number of nitrogens with zero attached hydrogens (tertiary/aromatic N) is 2. The lowest BCUT2D eigenvalue weighted by molar-refractivity contribution is -0.142. The van der Waals surface area contributed by atoms with Crippen LogP contribution in [0.3, 0.4) is 0 Å². The van der Waals surface area contributed by atoms with Crippen LogP contribution in [0, 0.1) is 0 Å². The van der Waals surface area contributed by atoms with Crippen molar-refractivity contribution in [3.8, 4) is 17.4 Å². The summed E-state index contributed by atoms with van der Waals surface area (Å²) in [5.41, 5.74) is -0.838. The lowest BCUT2D eigenvalue weighted by atomic mass is 10.1. The first-order chi connectivity index (χ1) is 12.8. The van der Waals surface area contributed by atoms with Crippen molar-refractivity contribution in [1.82, 2.24) is 9.88 Å². The first kappa shape index (κ1) is 18.8. The monoisotopic (exact) mass is 382 g/mol. The zero-order valence-electron chi connectivity index (χ0n) is 14.4. The van der Waals surface area contributed by atoms with Crippen LogP contribution < -0.4 is 14.2 Å². The molecule has 2 aromatic rings. The Morgan fingerprint density at radius 1 is 1.22 bits per heavy atom. The number of hydrogen-bond donors (Lipinski definition) is 0. The summed E-state index contributed by atoms with van der Waals surface area (Å²) in [5, 5.41) is 0. The summed E-state index contributed by atoms with van der Waals surface area (Å²) in [5.74, 6) is 1.03. The molecule has 0 saturated carbocycles. The molecule has 0 aliphatic carbocycles. The molecular weight excluding hydrogens is 365 g/mol. The third-order valence-corrected chi connectivity index (χ3v) is 3.96. The van der Waals surface area contributed by atoms with E-state index in [2.05, 4.69) is 4.98 Å². The topological polar surface area (TPSA) is 60.9 Å². The lowest BCUT2D eigenvalue weighted by Gasteiger charge is -2.38. The number of aromatic nitrogens is 1. The Labute approximate surface area is 153 Å². The molecule has 2 heterocycles. The Morgan fingerprint density at radius 3 is 2.59 bits per heavy atom. The Kier molecular flexibility index (Phi) is 5.38. The van der Waals surface area contributed by atoms with E-state index in [4.69, 9.17) is 14.2 Å². The van der Waals surface area contributed by atoms with Crippen LogP contribution >= 0.6 is 0 Å². The smallest absolute Gasteiger partial charge is 0.417 e. The maximum Gasteiger partial charge on any atom is 0.417 e. The number of methoxy groups -OCH3 is 1. The van der Waals surface area contributed by atoms with E-state index in [1.54, 1.807) is 24.3 Å². The van der Waals surface area contributed by atoms with Crippen LogP contribution in [0.1, 0.15) is 5.56 Å². The number of rotatable bonds is 6. The van der Waals surface area contributed by atoms with Crippen molar-refractivity contribution in [3.63, 3.8) is 0 Å². The van der Waals surface area contributed by atoms with E-state index in [-0.39, 0.29) is 24.5 Å². The fourth-order valence-electron chi connectivity index (χ4n) is 2.43. The number of likely N-dealkylation sites (tertiary alicyclic amines) is 1. The number of ether oxygens (including phenoxy) is 3. The predicted molar refractivity (Wildman–Crippen MR) is 88.7 cm³/mol. The Balaban J connectivity index is 1.43. The van der Waals surface area contributed by atoms with Gasteiger partial charge in [-0.05, 0) is 18.2 Å². The van der Waals surface area contributed by atoms with Gasteiger partial charge >= 0.3 is 6.18 Å². The number of alkyl halides is 3. The van der Waals surface area contributed by atoms with E-state index in [1.807, 2.05) is 0 Å². The van der Waals surface area contributed by atoms with Gasteiger partial charge in [0.15, 0.2) is 6.61 Å². The summed E-state index contributed by atoms with van der Waals surface area (Å²) in [6.07, 6.45) is -4.03. The molecule has 1 aromatic carbocycles. The van der Waals surface area contributed by atoms with Gasteiger partial charge in [0.05, 0.1) is 25.8 Å². The fourth-order valence-corrected chi connectivity index (χ4v) is 2.43. The van der Waals surface area contributed by atoms with E-state index in [0.29, 0.717) is 24.6 Å². The number of halogens is 3. The standard InChI is InChI=1S/C18H17F3N2O4/c1-25-13-3-2-4-14(7-13)26-11-17(24)23-9-15(10-23)27-16-6-5-12(8-22-16)18(19,20)21/h2-8,15H,9-11H2,1H3. The zero-order valence-corrected chi connectivity index (χ0v) is 14.4. The second-order valence-electron chi connectivity index (χ2n) is 5.89. The van der Waals surface area contributed by atoms with Gasteiger partial charge < -0.3 is 19.1 Å². The summed E-state index contributed by atoms with van der Waals surface area (Å²) in [6.45, 7) is 0.518. The quantitative estimate of drug-likeness (QED) is 0.769. The van der Waals surface area contributed by atoms with Gasteiger partial charge in [0.1, 0.15) is 17.6 Å². The fraction of sp³-hybridized carbons (Fsp3) is 0.333. The summed E-state index contributed by atoms with van der Waals surface area (Å²) in [7, 11) is 1.54. The van der Waals surface area contributed by atoms with Crippen LogP contribution in [0.2, 0.25) is 0 Å². The van der Waals surface area contributed by atoms with Crippen molar-refractivity contribution in [2.24, 2.45) is 0 Å². The normalized spacial score (nSPS) is 14.4. The molecule has 1 amide bonds. The Bertz CT molecular complexity index is 790. The lowest BCUT2D eigenvalue weighted by Crippen LogP contribution is -2.57.